The fourth-order valence-electron chi connectivity index (χ4n) is 3.80. The monoisotopic (exact) mass is 422 g/mol. The van der Waals surface area contributed by atoms with Crippen LogP contribution in [0.15, 0.2) is 36.4 Å². The van der Waals surface area contributed by atoms with Crippen molar-refractivity contribution in [3.63, 3.8) is 0 Å². The number of hydrogen-bond donors (Lipinski definition) is 0. The molecule has 1 saturated heterocycles. The zero-order valence-corrected chi connectivity index (χ0v) is 16.8. The molecule has 0 saturated carbocycles. The minimum absolute atomic E-state index is 0.0349. The highest BCUT2D eigenvalue weighted by Crippen LogP contribution is 2.39. The zero-order valence-electron chi connectivity index (χ0n) is 16.8. The maximum absolute atomic E-state index is 12.6. The van der Waals surface area contributed by atoms with E-state index in [9.17, 15) is 18.9 Å². The summed E-state index contributed by atoms with van der Waals surface area (Å²) < 4.78 is 40.3. The van der Waals surface area contributed by atoms with Crippen molar-refractivity contribution in [2.24, 2.45) is 0 Å². The van der Waals surface area contributed by atoms with Crippen molar-refractivity contribution >= 4 is 5.69 Å². The minimum Gasteiger partial charge on any atom is -0.494 e. The van der Waals surface area contributed by atoms with E-state index in [0.717, 1.165) is 36.8 Å². The van der Waals surface area contributed by atoms with Crippen molar-refractivity contribution in [2.45, 2.75) is 39.0 Å². The Hall–Kier alpha value is -2.94. The molecule has 3 rings (SSSR count). The highest BCUT2D eigenvalue weighted by atomic mass is 19.3. The van der Waals surface area contributed by atoms with Gasteiger partial charge in [-0.2, -0.15) is 8.78 Å². The van der Waals surface area contributed by atoms with Crippen LogP contribution < -0.4 is 14.2 Å². The number of ether oxygens (including phenoxy) is 3. The van der Waals surface area contributed by atoms with E-state index in [-0.39, 0.29) is 23.2 Å². The lowest BCUT2D eigenvalue weighted by Crippen LogP contribution is -2.23. The van der Waals surface area contributed by atoms with E-state index in [1.54, 1.807) is 0 Å². The Labute approximate surface area is 173 Å². The van der Waals surface area contributed by atoms with Gasteiger partial charge in [-0.3, -0.25) is 15.0 Å². The molecule has 1 heterocycles. The molecular formula is C21H24F2N2O5. The number of nitro benzene ring substituents is 1. The van der Waals surface area contributed by atoms with E-state index in [2.05, 4.69) is 9.64 Å². The van der Waals surface area contributed by atoms with Gasteiger partial charge in [0, 0.05) is 18.2 Å². The third kappa shape index (κ3) is 4.96. The van der Waals surface area contributed by atoms with Gasteiger partial charge < -0.3 is 14.2 Å². The molecule has 1 fully saturated rings. The van der Waals surface area contributed by atoms with Gasteiger partial charge in [0.1, 0.15) is 5.75 Å². The molecule has 1 aliphatic heterocycles. The predicted molar refractivity (Wildman–Crippen MR) is 106 cm³/mol. The molecule has 9 heteroatoms. The zero-order chi connectivity index (χ0) is 21.7. The number of likely N-dealkylation sites (tertiary alicyclic amines) is 1. The number of rotatable bonds is 9. The van der Waals surface area contributed by atoms with Gasteiger partial charge in [0.15, 0.2) is 11.5 Å². The Balaban J connectivity index is 1.87. The van der Waals surface area contributed by atoms with E-state index in [1.165, 1.54) is 13.2 Å². The number of benzene rings is 2. The second kappa shape index (κ2) is 9.71. The lowest BCUT2D eigenvalue weighted by atomic mass is 10.0. The fraction of sp³-hybridized carbons (Fsp3) is 0.429. The van der Waals surface area contributed by atoms with Crippen molar-refractivity contribution in [1.82, 2.24) is 4.90 Å². The smallest absolute Gasteiger partial charge is 0.387 e. The summed E-state index contributed by atoms with van der Waals surface area (Å²) in [4.78, 5) is 13.1. The fourth-order valence-corrected chi connectivity index (χ4v) is 3.80. The van der Waals surface area contributed by atoms with Crippen LogP contribution in [0, 0.1) is 10.1 Å². The molecule has 162 valence electrons. The Morgan fingerprint density at radius 1 is 1.23 bits per heavy atom. The summed E-state index contributed by atoms with van der Waals surface area (Å²) in [5, 5.41) is 11.6. The first-order chi connectivity index (χ1) is 14.4. The molecule has 0 bridgehead atoms. The first-order valence-electron chi connectivity index (χ1n) is 9.69. The summed E-state index contributed by atoms with van der Waals surface area (Å²) in [5.74, 6) is 0.473. The average Bonchev–Trinajstić information content (AvgIpc) is 3.17. The molecule has 0 amide bonds. The third-order valence-corrected chi connectivity index (χ3v) is 5.09. The lowest BCUT2D eigenvalue weighted by Gasteiger charge is -2.25. The molecule has 0 N–H and O–H groups in total. The van der Waals surface area contributed by atoms with Crippen LogP contribution in [0.3, 0.4) is 0 Å². The highest BCUT2D eigenvalue weighted by Gasteiger charge is 2.29. The Morgan fingerprint density at radius 2 is 1.97 bits per heavy atom. The summed E-state index contributed by atoms with van der Waals surface area (Å²) in [7, 11) is 1.31. The molecule has 0 aromatic heterocycles. The van der Waals surface area contributed by atoms with Crippen molar-refractivity contribution in [1.29, 1.82) is 0 Å². The van der Waals surface area contributed by atoms with Crippen LogP contribution in [0.4, 0.5) is 14.5 Å². The van der Waals surface area contributed by atoms with Crippen molar-refractivity contribution in [2.75, 3.05) is 20.3 Å². The summed E-state index contributed by atoms with van der Waals surface area (Å²) in [6.07, 6.45) is 1.88. The van der Waals surface area contributed by atoms with Crippen LogP contribution in [0.1, 0.15) is 36.9 Å². The number of hydrogen-bond acceptors (Lipinski definition) is 6. The Bertz CT molecular complexity index is 876. The van der Waals surface area contributed by atoms with Gasteiger partial charge in [0.2, 0.25) is 0 Å². The normalized spacial score (nSPS) is 16.6. The molecule has 1 aliphatic rings. The minimum atomic E-state index is -3.10. The third-order valence-electron chi connectivity index (χ3n) is 5.09. The van der Waals surface area contributed by atoms with Crippen LogP contribution in [-0.2, 0) is 6.54 Å². The van der Waals surface area contributed by atoms with E-state index >= 15 is 0 Å². The van der Waals surface area contributed by atoms with Crippen LogP contribution in [0.2, 0.25) is 0 Å². The first-order valence-corrected chi connectivity index (χ1v) is 9.69. The molecule has 2 aromatic carbocycles. The van der Waals surface area contributed by atoms with Crippen molar-refractivity contribution in [3.8, 4) is 17.2 Å². The van der Waals surface area contributed by atoms with Gasteiger partial charge in [-0.25, -0.2) is 0 Å². The summed E-state index contributed by atoms with van der Waals surface area (Å²) in [6, 6.07) is 10.3. The lowest BCUT2D eigenvalue weighted by molar-refractivity contribution is -0.385. The maximum Gasteiger partial charge on any atom is 0.387 e. The van der Waals surface area contributed by atoms with Gasteiger partial charge >= 0.3 is 6.61 Å². The van der Waals surface area contributed by atoms with E-state index in [1.807, 2.05) is 31.2 Å². The first kappa shape index (κ1) is 21.8. The Kier molecular flexibility index (Phi) is 7.04. The molecule has 2 aromatic rings. The molecule has 1 atom stereocenters. The maximum atomic E-state index is 12.6. The molecular weight excluding hydrogens is 398 g/mol. The highest BCUT2D eigenvalue weighted by molar-refractivity contribution is 5.54. The van der Waals surface area contributed by atoms with E-state index in [0.29, 0.717) is 18.7 Å². The number of nitrogens with zero attached hydrogens (tertiary/aromatic N) is 2. The van der Waals surface area contributed by atoms with Crippen LogP contribution in [-0.4, -0.2) is 36.7 Å². The van der Waals surface area contributed by atoms with Crippen LogP contribution in [0.25, 0.3) is 0 Å². The number of alkyl halides is 2. The van der Waals surface area contributed by atoms with E-state index in [4.69, 9.17) is 9.47 Å². The van der Waals surface area contributed by atoms with Gasteiger partial charge in [-0.1, -0.05) is 12.1 Å². The molecule has 0 spiro atoms. The molecule has 30 heavy (non-hydrogen) atoms. The van der Waals surface area contributed by atoms with Crippen LogP contribution >= 0.6 is 0 Å². The Morgan fingerprint density at radius 3 is 2.57 bits per heavy atom. The standard InChI is InChI=1S/C21H24F2N2O5/c1-3-29-16-8-6-14(7-9-16)17-5-4-10-24(17)13-15-11-19(28-2)20(30-21(22)23)12-18(15)25(26)27/h6-9,11-12,17,21H,3-5,10,13H2,1-2H3. The second-order valence-electron chi connectivity index (χ2n) is 6.90. The van der Waals surface area contributed by atoms with Gasteiger partial charge in [-0.15, -0.1) is 0 Å². The quantitative estimate of drug-likeness (QED) is 0.421. The predicted octanol–water partition coefficient (Wildman–Crippen LogP) is 4.94. The summed E-state index contributed by atoms with van der Waals surface area (Å²) in [6.45, 7) is 0.468. The molecule has 7 nitrogen and oxygen atoms in total. The number of halogens is 2. The SMILES string of the molecule is CCOc1ccc(C2CCCN2Cc2cc(OC)c(OC(F)F)cc2[N+](=O)[O-])cc1. The topological polar surface area (TPSA) is 74.1 Å². The largest absolute Gasteiger partial charge is 0.494 e. The summed E-state index contributed by atoms with van der Waals surface area (Å²) in [5.41, 5.74) is 1.21. The average molecular weight is 422 g/mol. The van der Waals surface area contributed by atoms with Gasteiger partial charge in [0.05, 0.1) is 24.7 Å². The van der Waals surface area contributed by atoms with Crippen LogP contribution in [0.5, 0.6) is 17.2 Å². The molecule has 0 radical (unpaired) electrons. The van der Waals surface area contributed by atoms with E-state index < -0.39 is 11.5 Å². The molecule has 1 unspecified atom stereocenters. The number of methoxy groups -OCH3 is 1. The van der Waals surface area contributed by atoms with Crippen molar-refractivity contribution < 1.29 is 27.9 Å². The second-order valence-corrected chi connectivity index (χ2v) is 6.90. The van der Waals surface area contributed by atoms with Gasteiger partial charge in [-0.05, 0) is 50.1 Å². The van der Waals surface area contributed by atoms with Gasteiger partial charge in [0.25, 0.3) is 5.69 Å². The number of nitro groups is 1. The van der Waals surface area contributed by atoms with Crippen molar-refractivity contribution in [3.05, 3.63) is 57.6 Å². The summed E-state index contributed by atoms with van der Waals surface area (Å²) >= 11 is 0. The molecule has 0 aliphatic carbocycles.